The third-order valence-electron chi connectivity index (χ3n) is 2.26. The fourth-order valence-electron chi connectivity index (χ4n) is 1.42. The second-order valence-electron chi connectivity index (χ2n) is 3.57. The van der Waals surface area contributed by atoms with Crippen LogP contribution in [-0.4, -0.2) is 32.4 Å². The van der Waals surface area contributed by atoms with Gasteiger partial charge in [0.25, 0.3) is 0 Å². The predicted octanol–water partition coefficient (Wildman–Crippen LogP) is 3.80. The molecule has 0 saturated carbocycles. The van der Waals surface area contributed by atoms with Gasteiger partial charge in [0.2, 0.25) is 0 Å². The molecule has 6 heteroatoms. The van der Waals surface area contributed by atoms with E-state index in [-0.39, 0.29) is 6.61 Å². The summed E-state index contributed by atoms with van der Waals surface area (Å²) in [6.45, 7) is 5.16. The molecule has 0 amide bonds. The quantitative estimate of drug-likeness (QED) is 0.496. The van der Waals surface area contributed by atoms with Crippen LogP contribution >= 0.6 is 31.9 Å². The van der Waals surface area contributed by atoms with Crippen LogP contribution in [0.3, 0.4) is 0 Å². The Balaban J connectivity index is 2.73. The number of benzene rings is 1. The maximum absolute atomic E-state index is 10.9. The van der Waals surface area contributed by atoms with E-state index in [0.717, 1.165) is 10.8 Å². The molecule has 0 heterocycles. The van der Waals surface area contributed by atoms with Gasteiger partial charge < -0.3 is 14.2 Å². The summed E-state index contributed by atoms with van der Waals surface area (Å²) in [5.41, 5.74) is 0.530. The van der Waals surface area contributed by atoms with E-state index in [4.69, 9.17) is 14.2 Å². The number of hydrogen-bond acceptors (Lipinski definition) is 4. The average molecular weight is 396 g/mol. The summed E-state index contributed by atoms with van der Waals surface area (Å²) >= 11 is 6.69. The zero-order chi connectivity index (χ0) is 14.3. The molecule has 1 aromatic carbocycles. The fourth-order valence-corrected chi connectivity index (χ4v) is 2.62. The summed E-state index contributed by atoms with van der Waals surface area (Å²) in [7, 11) is 0. The van der Waals surface area contributed by atoms with Crippen molar-refractivity contribution in [1.29, 1.82) is 0 Å². The summed E-state index contributed by atoms with van der Waals surface area (Å²) in [6, 6.07) is 3.44. The molecule has 0 bridgehead atoms. The SMILES string of the molecule is CCOC(COc1cc(C=O)c(Br)cc1Br)OCC. The zero-order valence-electron chi connectivity index (χ0n) is 10.8. The summed E-state index contributed by atoms with van der Waals surface area (Å²) < 4.78 is 17.9. The Hall–Kier alpha value is -0.430. The number of rotatable bonds is 8. The van der Waals surface area contributed by atoms with Gasteiger partial charge >= 0.3 is 0 Å². The molecule has 0 aromatic heterocycles. The topological polar surface area (TPSA) is 44.8 Å². The number of halogens is 2. The molecule has 0 radical (unpaired) electrons. The Labute approximate surface area is 129 Å². The van der Waals surface area contributed by atoms with E-state index in [1.165, 1.54) is 0 Å². The highest BCUT2D eigenvalue weighted by molar-refractivity contribution is 9.11. The second kappa shape index (κ2) is 8.68. The first-order chi connectivity index (χ1) is 9.12. The van der Waals surface area contributed by atoms with Crippen molar-refractivity contribution in [2.24, 2.45) is 0 Å². The lowest BCUT2D eigenvalue weighted by molar-refractivity contribution is -0.152. The van der Waals surface area contributed by atoms with E-state index in [2.05, 4.69) is 31.9 Å². The van der Waals surface area contributed by atoms with Crippen molar-refractivity contribution < 1.29 is 19.0 Å². The molecule has 0 atom stereocenters. The van der Waals surface area contributed by atoms with Crippen LogP contribution in [0.15, 0.2) is 21.1 Å². The molecule has 0 fully saturated rings. The van der Waals surface area contributed by atoms with E-state index in [9.17, 15) is 4.79 Å². The molecular formula is C13H16Br2O4. The van der Waals surface area contributed by atoms with Crippen LogP contribution in [0.2, 0.25) is 0 Å². The molecule has 106 valence electrons. The van der Waals surface area contributed by atoms with Crippen molar-refractivity contribution >= 4 is 38.1 Å². The number of carbonyl (C=O) groups excluding carboxylic acids is 1. The first-order valence-electron chi connectivity index (χ1n) is 5.92. The van der Waals surface area contributed by atoms with Gasteiger partial charge in [0, 0.05) is 23.2 Å². The minimum atomic E-state index is -0.412. The highest BCUT2D eigenvalue weighted by Gasteiger charge is 2.12. The number of aldehydes is 1. The van der Waals surface area contributed by atoms with Crippen molar-refractivity contribution in [1.82, 2.24) is 0 Å². The first-order valence-corrected chi connectivity index (χ1v) is 7.51. The molecule has 19 heavy (non-hydrogen) atoms. The molecule has 4 nitrogen and oxygen atoms in total. The molecule has 1 rings (SSSR count). The third kappa shape index (κ3) is 5.22. The third-order valence-corrected chi connectivity index (χ3v) is 3.56. The lowest BCUT2D eigenvalue weighted by Gasteiger charge is -2.18. The minimum Gasteiger partial charge on any atom is -0.487 e. The Kier molecular flexibility index (Phi) is 7.60. The van der Waals surface area contributed by atoms with E-state index in [1.807, 2.05) is 13.8 Å². The number of hydrogen-bond donors (Lipinski definition) is 0. The smallest absolute Gasteiger partial charge is 0.191 e. The van der Waals surface area contributed by atoms with Gasteiger partial charge in [0.05, 0.1) is 4.47 Å². The molecular weight excluding hydrogens is 380 g/mol. The van der Waals surface area contributed by atoms with Crippen molar-refractivity contribution in [2.75, 3.05) is 19.8 Å². The normalized spacial score (nSPS) is 10.8. The summed E-state index contributed by atoms with van der Waals surface area (Å²) in [4.78, 5) is 10.9. The maximum atomic E-state index is 10.9. The van der Waals surface area contributed by atoms with E-state index < -0.39 is 6.29 Å². The monoisotopic (exact) mass is 394 g/mol. The molecule has 0 unspecified atom stereocenters. The second-order valence-corrected chi connectivity index (χ2v) is 5.28. The highest BCUT2D eigenvalue weighted by Crippen LogP contribution is 2.31. The molecule has 0 aliphatic carbocycles. The molecule has 0 saturated heterocycles. The van der Waals surface area contributed by atoms with Crippen LogP contribution in [0.5, 0.6) is 5.75 Å². The van der Waals surface area contributed by atoms with Gasteiger partial charge in [-0.2, -0.15) is 0 Å². The van der Waals surface area contributed by atoms with Gasteiger partial charge in [-0.1, -0.05) is 15.9 Å². The van der Waals surface area contributed by atoms with Crippen LogP contribution in [0.25, 0.3) is 0 Å². The van der Waals surface area contributed by atoms with E-state index in [0.29, 0.717) is 29.0 Å². The van der Waals surface area contributed by atoms with Gasteiger partial charge in [-0.25, -0.2) is 0 Å². The van der Waals surface area contributed by atoms with Crippen LogP contribution in [-0.2, 0) is 9.47 Å². The van der Waals surface area contributed by atoms with Gasteiger partial charge in [0.1, 0.15) is 12.4 Å². The Morgan fingerprint density at radius 1 is 1.16 bits per heavy atom. The molecule has 0 N–H and O–H groups in total. The van der Waals surface area contributed by atoms with Crippen molar-refractivity contribution in [2.45, 2.75) is 20.1 Å². The van der Waals surface area contributed by atoms with Crippen molar-refractivity contribution in [3.63, 3.8) is 0 Å². The van der Waals surface area contributed by atoms with Crippen LogP contribution in [0, 0.1) is 0 Å². The van der Waals surface area contributed by atoms with Crippen molar-refractivity contribution in [3.8, 4) is 5.75 Å². The molecule has 0 spiro atoms. The lowest BCUT2D eigenvalue weighted by atomic mass is 10.2. The van der Waals surface area contributed by atoms with E-state index in [1.54, 1.807) is 12.1 Å². The van der Waals surface area contributed by atoms with Gasteiger partial charge in [-0.3, -0.25) is 4.79 Å². The zero-order valence-corrected chi connectivity index (χ0v) is 14.0. The Morgan fingerprint density at radius 2 is 1.79 bits per heavy atom. The Morgan fingerprint density at radius 3 is 2.32 bits per heavy atom. The molecule has 0 aliphatic rings. The van der Waals surface area contributed by atoms with Crippen LogP contribution in [0.4, 0.5) is 0 Å². The number of carbonyl (C=O) groups is 1. The fraction of sp³-hybridized carbons (Fsp3) is 0.462. The Bertz CT molecular complexity index is 417. The highest BCUT2D eigenvalue weighted by atomic mass is 79.9. The summed E-state index contributed by atoms with van der Waals surface area (Å²) in [6.07, 6.45) is 0.358. The van der Waals surface area contributed by atoms with Gasteiger partial charge in [-0.15, -0.1) is 0 Å². The van der Waals surface area contributed by atoms with Crippen LogP contribution in [0.1, 0.15) is 24.2 Å². The standard InChI is InChI=1S/C13H16Br2O4/c1-3-17-13(18-4-2)8-19-12-5-9(7-16)10(14)6-11(12)15/h5-7,13H,3-4,8H2,1-2H3. The summed E-state index contributed by atoms with van der Waals surface area (Å²) in [5.74, 6) is 0.578. The average Bonchev–Trinajstić information content (AvgIpc) is 2.38. The lowest BCUT2D eigenvalue weighted by Crippen LogP contribution is -2.25. The predicted molar refractivity (Wildman–Crippen MR) is 79.8 cm³/mol. The number of ether oxygens (including phenoxy) is 3. The van der Waals surface area contributed by atoms with Gasteiger partial charge in [0.15, 0.2) is 12.6 Å². The largest absolute Gasteiger partial charge is 0.487 e. The molecule has 1 aromatic rings. The van der Waals surface area contributed by atoms with Crippen LogP contribution < -0.4 is 4.74 Å². The summed E-state index contributed by atoms with van der Waals surface area (Å²) in [5, 5.41) is 0. The van der Waals surface area contributed by atoms with Crippen molar-refractivity contribution in [3.05, 3.63) is 26.6 Å². The molecule has 0 aliphatic heterocycles. The van der Waals surface area contributed by atoms with E-state index >= 15 is 0 Å². The van der Waals surface area contributed by atoms with Gasteiger partial charge in [-0.05, 0) is 41.9 Å². The minimum absolute atomic E-state index is 0.264. The maximum Gasteiger partial charge on any atom is 0.191 e. The first kappa shape index (κ1) is 16.6.